The first-order valence-corrected chi connectivity index (χ1v) is 9.96. The Balaban J connectivity index is 1.81. The molecule has 0 bridgehead atoms. The van der Waals surface area contributed by atoms with Crippen LogP contribution < -0.4 is 5.32 Å². The maximum Gasteiger partial charge on any atom is 0.253 e. The zero-order chi connectivity index (χ0) is 17.2. The van der Waals surface area contributed by atoms with Crippen molar-refractivity contribution in [2.24, 2.45) is 0 Å². The zero-order valence-corrected chi connectivity index (χ0v) is 14.8. The van der Waals surface area contributed by atoms with Crippen molar-refractivity contribution in [1.82, 2.24) is 4.31 Å². The van der Waals surface area contributed by atoms with Gasteiger partial charge in [-0.05, 0) is 50.3 Å². The molecule has 1 aromatic rings. The largest absolute Gasteiger partial charge is 0.368 e. The number of carbonyl (C=O) groups excluding carboxylic acids is 1. The van der Waals surface area contributed by atoms with Crippen molar-refractivity contribution in [3.8, 4) is 0 Å². The minimum absolute atomic E-state index is 0.210. The standard InChI is InChI=1S/C17H24N2O4S/c1-13-7-8-14(18-17(20)15-6-5-11-23-15)12-16(13)24(21,22)19-9-3-2-4-10-19/h7-8,12,15H,2-6,9-11H2,1H3,(H,18,20)/t15-/m1/s1. The number of hydrogen-bond acceptors (Lipinski definition) is 4. The van der Waals surface area contributed by atoms with Gasteiger partial charge in [0, 0.05) is 25.4 Å². The first-order chi connectivity index (χ1) is 11.5. The molecule has 1 N–H and O–H groups in total. The normalized spacial score (nSPS) is 22.5. The quantitative estimate of drug-likeness (QED) is 0.902. The van der Waals surface area contributed by atoms with E-state index < -0.39 is 16.1 Å². The van der Waals surface area contributed by atoms with Gasteiger partial charge >= 0.3 is 0 Å². The van der Waals surface area contributed by atoms with E-state index in [4.69, 9.17) is 4.74 Å². The highest BCUT2D eigenvalue weighted by atomic mass is 32.2. The van der Waals surface area contributed by atoms with Crippen LogP contribution in [0.4, 0.5) is 5.69 Å². The molecule has 1 amide bonds. The molecule has 7 heteroatoms. The summed E-state index contributed by atoms with van der Waals surface area (Å²) >= 11 is 0. The Labute approximate surface area is 143 Å². The van der Waals surface area contributed by atoms with Crippen LogP contribution in [0.2, 0.25) is 0 Å². The van der Waals surface area contributed by atoms with Crippen molar-refractivity contribution in [2.75, 3.05) is 25.0 Å². The first-order valence-electron chi connectivity index (χ1n) is 8.52. The van der Waals surface area contributed by atoms with E-state index in [2.05, 4.69) is 5.32 Å². The number of piperidine rings is 1. The topological polar surface area (TPSA) is 75.7 Å². The summed E-state index contributed by atoms with van der Waals surface area (Å²) in [5, 5.41) is 2.78. The van der Waals surface area contributed by atoms with E-state index in [9.17, 15) is 13.2 Å². The van der Waals surface area contributed by atoms with Crippen LogP contribution in [-0.2, 0) is 19.6 Å². The number of rotatable bonds is 4. The summed E-state index contributed by atoms with van der Waals surface area (Å²) in [7, 11) is -3.52. The van der Waals surface area contributed by atoms with E-state index in [0.29, 0.717) is 37.4 Å². The van der Waals surface area contributed by atoms with E-state index in [-0.39, 0.29) is 10.8 Å². The van der Waals surface area contributed by atoms with Gasteiger partial charge in [-0.2, -0.15) is 4.31 Å². The molecule has 2 aliphatic heterocycles. The van der Waals surface area contributed by atoms with Gasteiger partial charge in [-0.15, -0.1) is 0 Å². The second kappa shape index (κ2) is 7.21. The number of nitrogens with zero attached hydrogens (tertiary/aromatic N) is 1. The number of benzene rings is 1. The second-order valence-electron chi connectivity index (χ2n) is 6.44. The molecular formula is C17H24N2O4S. The molecule has 2 heterocycles. The fourth-order valence-electron chi connectivity index (χ4n) is 3.21. The van der Waals surface area contributed by atoms with Crippen LogP contribution in [0.3, 0.4) is 0 Å². The summed E-state index contributed by atoms with van der Waals surface area (Å²) in [6, 6.07) is 5.03. The van der Waals surface area contributed by atoms with Gasteiger partial charge in [-0.3, -0.25) is 4.79 Å². The van der Waals surface area contributed by atoms with Crippen molar-refractivity contribution in [3.63, 3.8) is 0 Å². The third-order valence-corrected chi connectivity index (χ3v) is 6.65. The fourth-order valence-corrected chi connectivity index (χ4v) is 4.98. The van der Waals surface area contributed by atoms with Crippen LogP contribution in [0.5, 0.6) is 0 Å². The molecule has 1 atom stereocenters. The average molecular weight is 352 g/mol. The van der Waals surface area contributed by atoms with Crippen molar-refractivity contribution >= 4 is 21.6 Å². The smallest absolute Gasteiger partial charge is 0.253 e. The molecule has 2 aliphatic rings. The van der Waals surface area contributed by atoms with E-state index in [0.717, 1.165) is 25.7 Å². The number of nitrogens with one attached hydrogen (secondary N) is 1. The van der Waals surface area contributed by atoms with Crippen LogP contribution in [0.15, 0.2) is 23.1 Å². The molecule has 132 valence electrons. The molecule has 0 saturated carbocycles. The zero-order valence-electron chi connectivity index (χ0n) is 14.0. The van der Waals surface area contributed by atoms with Gasteiger partial charge in [-0.1, -0.05) is 12.5 Å². The number of sulfonamides is 1. The number of ether oxygens (including phenoxy) is 1. The van der Waals surface area contributed by atoms with E-state index in [1.165, 1.54) is 0 Å². The van der Waals surface area contributed by atoms with Gasteiger partial charge in [0.1, 0.15) is 6.10 Å². The van der Waals surface area contributed by atoms with Gasteiger partial charge in [0.05, 0.1) is 4.90 Å². The Morgan fingerprint density at radius 1 is 1.21 bits per heavy atom. The number of carbonyl (C=O) groups is 1. The number of aryl methyl sites for hydroxylation is 1. The van der Waals surface area contributed by atoms with Crippen molar-refractivity contribution in [2.45, 2.75) is 50.0 Å². The van der Waals surface area contributed by atoms with Gasteiger partial charge in [0.15, 0.2) is 0 Å². The van der Waals surface area contributed by atoms with Crippen LogP contribution in [-0.4, -0.2) is 44.4 Å². The minimum Gasteiger partial charge on any atom is -0.368 e. The molecule has 6 nitrogen and oxygen atoms in total. The summed E-state index contributed by atoms with van der Waals surface area (Å²) in [6.45, 7) is 3.51. The Kier molecular flexibility index (Phi) is 5.22. The predicted molar refractivity (Wildman–Crippen MR) is 91.4 cm³/mol. The maximum atomic E-state index is 12.9. The molecule has 24 heavy (non-hydrogen) atoms. The molecule has 0 radical (unpaired) electrons. The lowest BCUT2D eigenvalue weighted by atomic mass is 10.2. The fraction of sp³-hybridized carbons (Fsp3) is 0.588. The summed E-state index contributed by atoms with van der Waals surface area (Å²) in [4.78, 5) is 12.4. The van der Waals surface area contributed by atoms with Gasteiger partial charge in [0.2, 0.25) is 10.0 Å². The number of amides is 1. The number of anilines is 1. The lowest BCUT2D eigenvalue weighted by Gasteiger charge is -2.26. The van der Waals surface area contributed by atoms with Crippen LogP contribution in [0.25, 0.3) is 0 Å². The monoisotopic (exact) mass is 352 g/mol. The average Bonchev–Trinajstić information content (AvgIpc) is 3.12. The lowest BCUT2D eigenvalue weighted by Crippen LogP contribution is -2.36. The molecule has 2 fully saturated rings. The highest BCUT2D eigenvalue weighted by Gasteiger charge is 2.28. The highest BCUT2D eigenvalue weighted by Crippen LogP contribution is 2.26. The van der Waals surface area contributed by atoms with Crippen molar-refractivity contribution in [1.29, 1.82) is 0 Å². The highest BCUT2D eigenvalue weighted by molar-refractivity contribution is 7.89. The Morgan fingerprint density at radius 3 is 2.62 bits per heavy atom. The predicted octanol–water partition coefficient (Wildman–Crippen LogP) is 2.29. The molecule has 3 rings (SSSR count). The van der Waals surface area contributed by atoms with Crippen LogP contribution in [0, 0.1) is 6.92 Å². The minimum atomic E-state index is -3.52. The van der Waals surface area contributed by atoms with Crippen molar-refractivity contribution < 1.29 is 17.9 Å². The molecular weight excluding hydrogens is 328 g/mol. The SMILES string of the molecule is Cc1ccc(NC(=O)[C@H]2CCCO2)cc1S(=O)(=O)N1CCCCC1. The Morgan fingerprint density at radius 2 is 1.96 bits per heavy atom. The summed E-state index contributed by atoms with van der Waals surface area (Å²) in [5.74, 6) is -0.210. The lowest BCUT2D eigenvalue weighted by molar-refractivity contribution is -0.124. The van der Waals surface area contributed by atoms with Gasteiger partial charge < -0.3 is 10.1 Å². The maximum absolute atomic E-state index is 12.9. The molecule has 0 unspecified atom stereocenters. The van der Waals surface area contributed by atoms with E-state index in [1.807, 2.05) is 0 Å². The third-order valence-electron chi connectivity index (χ3n) is 4.61. The Bertz CT molecular complexity index is 705. The second-order valence-corrected chi connectivity index (χ2v) is 8.34. The summed E-state index contributed by atoms with van der Waals surface area (Å²) < 4.78 is 32.7. The first kappa shape index (κ1) is 17.4. The Hall–Kier alpha value is -1.44. The molecule has 0 aromatic heterocycles. The molecule has 0 aliphatic carbocycles. The van der Waals surface area contributed by atoms with Crippen LogP contribution >= 0.6 is 0 Å². The third kappa shape index (κ3) is 3.63. The number of hydrogen-bond donors (Lipinski definition) is 1. The molecule has 2 saturated heterocycles. The summed E-state index contributed by atoms with van der Waals surface area (Å²) in [6.07, 6.45) is 4.01. The summed E-state index contributed by atoms with van der Waals surface area (Å²) in [5.41, 5.74) is 1.19. The molecule has 1 aromatic carbocycles. The van der Waals surface area contributed by atoms with Gasteiger partial charge in [0.25, 0.3) is 5.91 Å². The van der Waals surface area contributed by atoms with Gasteiger partial charge in [-0.25, -0.2) is 8.42 Å². The van der Waals surface area contributed by atoms with E-state index in [1.54, 1.807) is 29.4 Å². The van der Waals surface area contributed by atoms with E-state index >= 15 is 0 Å². The molecule has 0 spiro atoms. The van der Waals surface area contributed by atoms with Crippen molar-refractivity contribution in [3.05, 3.63) is 23.8 Å². The van der Waals surface area contributed by atoms with Crippen LogP contribution in [0.1, 0.15) is 37.7 Å².